The molecule has 0 spiro atoms. The molecule has 5 rings (SSSR count). The van der Waals surface area contributed by atoms with Crippen molar-refractivity contribution in [3.8, 4) is 11.4 Å². The van der Waals surface area contributed by atoms with Crippen LogP contribution in [0.4, 0.5) is 5.82 Å². The lowest BCUT2D eigenvalue weighted by Crippen LogP contribution is -2.12. The smallest absolute Gasteiger partial charge is 0.238 e. The fourth-order valence-electron chi connectivity index (χ4n) is 4.02. The standard InChI is InChI=1S/C23H21ClN4O2S2/c24-16-8-6-15(7-9-16)21-27-22(20-18-2-1-3-19(18)31-23(20)28-21)26-13-12-14-4-10-17(11-5-14)32(25,29)30/h4-11H,1-3,12-13H2,(H2,25,29,30)(H,26,27,28). The first-order valence-corrected chi connectivity index (χ1v) is 13.1. The lowest BCUT2D eigenvalue weighted by molar-refractivity contribution is 0.598. The highest BCUT2D eigenvalue weighted by molar-refractivity contribution is 7.89. The number of aryl methyl sites for hydroxylation is 2. The number of hydrogen-bond acceptors (Lipinski definition) is 6. The molecule has 0 saturated heterocycles. The number of thiophene rings is 1. The van der Waals surface area contributed by atoms with Gasteiger partial charge in [0.25, 0.3) is 0 Å². The van der Waals surface area contributed by atoms with Gasteiger partial charge in [-0.05, 0) is 73.2 Å². The molecule has 0 atom stereocenters. The van der Waals surface area contributed by atoms with E-state index in [1.165, 1.54) is 29.0 Å². The molecule has 1 aliphatic carbocycles. The molecule has 2 aromatic carbocycles. The molecule has 4 aromatic rings. The third-order valence-corrected chi connectivity index (χ3v) is 7.99. The Balaban J connectivity index is 1.43. The molecular weight excluding hydrogens is 464 g/mol. The van der Waals surface area contributed by atoms with Gasteiger partial charge in [-0.3, -0.25) is 0 Å². The van der Waals surface area contributed by atoms with Gasteiger partial charge in [0, 0.05) is 22.0 Å². The quantitative estimate of drug-likeness (QED) is 0.409. The van der Waals surface area contributed by atoms with E-state index in [1.54, 1.807) is 23.5 Å². The van der Waals surface area contributed by atoms with E-state index in [9.17, 15) is 8.42 Å². The Morgan fingerprint density at radius 2 is 1.78 bits per heavy atom. The molecule has 0 amide bonds. The molecule has 6 nitrogen and oxygen atoms in total. The Kier molecular flexibility index (Phi) is 5.63. The third kappa shape index (κ3) is 4.23. The van der Waals surface area contributed by atoms with Gasteiger partial charge in [0.2, 0.25) is 10.0 Å². The van der Waals surface area contributed by atoms with E-state index in [0.29, 0.717) is 17.4 Å². The van der Waals surface area contributed by atoms with Crippen LogP contribution in [-0.4, -0.2) is 24.9 Å². The topological polar surface area (TPSA) is 98.0 Å². The summed E-state index contributed by atoms with van der Waals surface area (Å²) in [5.74, 6) is 1.52. The Bertz CT molecular complexity index is 1400. The molecule has 0 fully saturated rings. The van der Waals surface area contributed by atoms with Gasteiger partial charge < -0.3 is 5.32 Å². The summed E-state index contributed by atoms with van der Waals surface area (Å²) in [5.41, 5.74) is 3.31. The van der Waals surface area contributed by atoms with Gasteiger partial charge in [-0.2, -0.15) is 0 Å². The average molecular weight is 485 g/mol. The second kappa shape index (κ2) is 8.44. The van der Waals surface area contributed by atoms with Crippen LogP contribution in [0.1, 0.15) is 22.4 Å². The van der Waals surface area contributed by atoms with Crippen LogP contribution >= 0.6 is 22.9 Å². The van der Waals surface area contributed by atoms with E-state index < -0.39 is 10.0 Å². The molecule has 0 unspecified atom stereocenters. The zero-order valence-electron chi connectivity index (χ0n) is 17.1. The molecule has 32 heavy (non-hydrogen) atoms. The molecule has 2 aromatic heterocycles. The molecular formula is C23H21ClN4O2S2. The van der Waals surface area contributed by atoms with Gasteiger partial charge in [-0.1, -0.05) is 23.7 Å². The second-order valence-electron chi connectivity index (χ2n) is 7.81. The summed E-state index contributed by atoms with van der Waals surface area (Å²) in [6, 6.07) is 14.2. The van der Waals surface area contributed by atoms with Crippen molar-refractivity contribution in [2.75, 3.05) is 11.9 Å². The third-order valence-electron chi connectivity index (χ3n) is 5.63. The minimum Gasteiger partial charge on any atom is -0.369 e. The molecule has 2 heterocycles. The van der Waals surface area contributed by atoms with Gasteiger partial charge in [-0.25, -0.2) is 23.5 Å². The molecule has 0 saturated carbocycles. The number of sulfonamides is 1. The summed E-state index contributed by atoms with van der Waals surface area (Å²) in [5, 5.41) is 10.5. The van der Waals surface area contributed by atoms with Crippen LogP contribution in [0.5, 0.6) is 0 Å². The maximum Gasteiger partial charge on any atom is 0.238 e. The maximum absolute atomic E-state index is 11.4. The minimum atomic E-state index is -3.68. The van der Waals surface area contributed by atoms with Crippen LogP contribution in [0.25, 0.3) is 21.6 Å². The highest BCUT2D eigenvalue weighted by Gasteiger charge is 2.22. The molecule has 0 bridgehead atoms. The van der Waals surface area contributed by atoms with Gasteiger partial charge in [0.05, 0.1) is 10.3 Å². The normalized spacial score (nSPS) is 13.4. The van der Waals surface area contributed by atoms with Crippen molar-refractivity contribution in [3.05, 3.63) is 69.6 Å². The van der Waals surface area contributed by atoms with Gasteiger partial charge in [0.15, 0.2) is 5.82 Å². The molecule has 1 aliphatic rings. The fraction of sp³-hybridized carbons (Fsp3) is 0.217. The van der Waals surface area contributed by atoms with Crippen LogP contribution in [0.2, 0.25) is 5.02 Å². The lowest BCUT2D eigenvalue weighted by Gasteiger charge is -2.11. The summed E-state index contributed by atoms with van der Waals surface area (Å²) >= 11 is 7.81. The number of aromatic nitrogens is 2. The Hall–Kier alpha value is -2.52. The lowest BCUT2D eigenvalue weighted by atomic mass is 10.1. The predicted molar refractivity (Wildman–Crippen MR) is 130 cm³/mol. The van der Waals surface area contributed by atoms with Crippen LogP contribution in [0, 0.1) is 0 Å². The van der Waals surface area contributed by atoms with E-state index in [0.717, 1.165) is 46.4 Å². The van der Waals surface area contributed by atoms with E-state index in [1.807, 2.05) is 24.3 Å². The largest absolute Gasteiger partial charge is 0.369 e. The highest BCUT2D eigenvalue weighted by Crippen LogP contribution is 2.40. The summed E-state index contributed by atoms with van der Waals surface area (Å²) < 4.78 is 22.9. The zero-order chi connectivity index (χ0) is 22.3. The molecule has 3 N–H and O–H groups in total. The van der Waals surface area contributed by atoms with Crippen molar-refractivity contribution >= 4 is 49.0 Å². The van der Waals surface area contributed by atoms with E-state index in [-0.39, 0.29) is 4.90 Å². The number of primary sulfonamides is 1. The first-order chi connectivity index (χ1) is 15.4. The van der Waals surface area contributed by atoms with E-state index >= 15 is 0 Å². The van der Waals surface area contributed by atoms with E-state index in [2.05, 4.69) is 5.32 Å². The molecule has 9 heteroatoms. The van der Waals surface area contributed by atoms with Crippen molar-refractivity contribution < 1.29 is 8.42 Å². The van der Waals surface area contributed by atoms with Crippen molar-refractivity contribution in [1.29, 1.82) is 0 Å². The SMILES string of the molecule is NS(=O)(=O)c1ccc(CCNc2nc(-c3ccc(Cl)cc3)nc3sc4c(c23)CCC4)cc1. The molecule has 0 radical (unpaired) electrons. The Labute approximate surface area is 195 Å². The fourth-order valence-corrected chi connectivity index (χ4v) is 5.93. The first-order valence-electron chi connectivity index (χ1n) is 10.3. The summed E-state index contributed by atoms with van der Waals surface area (Å²) in [6.45, 7) is 0.658. The second-order valence-corrected chi connectivity index (χ2v) is 10.9. The number of fused-ring (bicyclic) bond motifs is 3. The predicted octanol–water partition coefficient (Wildman–Crippen LogP) is 4.80. The van der Waals surface area contributed by atoms with E-state index in [4.69, 9.17) is 26.7 Å². The molecule has 164 valence electrons. The van der Waals surface area contributed by atoms with Gasteiger partial charge in [0.1, 0.15) is 10.6 Å². The number of halogens is 1. The highest BCUT2D eigenvalue weighted by atomic mass is 35.5. The van der Waals surface area contributed by atoms with Crippen molar-refractivity contribution in [2.45, 2.75) is 30.6 Å². The summed E-state index contributed by atoms with van der Waals surface area (Å²) in [6.07, 6.45) is 4.05. The number of rotatable bonds is 6. The Morgan fingerprint density at radius 3 is 2.50 bits per heavy atom. The number of nitrogens with zero attached hydrogens (tertiary/aromatic N) is 2. The van der Waals surface area contributed by atoms with Crippen molar-refractivity contribution in [2.24, 2.45) is 5.14 Å². The molecule has 0 aliphatic heterocycles. The van der Waals surface area contributed by atoms with Crippen molar-refractivity contribution in [1.82, 2.24) is 9.97 Å². The van der Waals surface area contributed by atoms with Gasteiger partial charge in [-0.15, -0.1) is 11.3 Å². The summed E-state index contributed by atoms with van der Waals surface area (Å²) in [4.78, 5) is 12.3. The maximum atomic E-state index is 11.4. The number of nitrogens with one attached hydrogen (secondary N) is 1. The number of nitrogens with two attached hydrogens (primary N) is 1. The average Bonchev–Trinajstić information content (AvgIpc) is 3.35. The number of benzene rings is 2. The van der Waals surface area contributed by atoms with Crippen LogP contribution < -0.4 is 10.5 Å². The van der Waals surface area contributed by atoms with Crippen LogP contribution in [0.3, 0.4) is 0 Å². The van der Waals surface area contributed by atoms with Crippen LogP contribution in [-0.2, 0) is 29.3 Å². The number of hydrogen-bond donors (Lipinski definition) is 2. The Morgan fingerprint density at radius 1 is 1.03 bits per heavy atom. The first kappa shape index (κ1) is 21.3. The number of anilines is 1. The van der Waals surface area contributed by atoms with Crippen molar-refractivity contribution in [3.63, 3.8) is 0 Å². The minimum absolute atomic E-state index is 0.119. The zero-order valence-corrected chi connectivity index (χ0v) is 19.5. The summed E-state index contributed by atoms with van der Waals surface area (Å²) in [7, 11) is -3.68. The monoisotopic (exact) mass is 484 g/mol. The van der Waals surface area contributed by atoms with Crippen LogP contribution in [0.15, 0.2) is 53.4 Å². The van der Waals surface area contributed by atoms with Gasteiger partial charge >= 0.3 is 0 Å².